The Morgan fingerprint density at radius 2 is 1.98 bits per heavy atom. The third-order valence-electron chi connectivity index (χ3n) is 7.11. The summed E-state index contributed by atoms with van der Waals surface area (Å²) in [5.74, 6) is -2.32. The summed E-state index contributed by atoms with van der Waals surface area (Å²) in [7, 11) is 0. The van der Waals surface area contributed by atoms with Crippen molar-refractivity contribution in [2.24, 2.45) is 0 Å². The van der Waals surface area contributed by atoms with Crippen LogP contribution in [0.2, 0.25) is 5.02 Å². The van der Waals surface area contributed by atoms with E-state index in [1.54, 1.807) is 6.07 Å². The van der Waals surface area contributed by atoms with E-state index in [0.717, 1.165) is 42.2 Å². The van der Waals surface area contributed by atoms with Gasteiger partial charge in [0.1, 0.15) is 6.07 Å². The van der Waals surface area contributed by atoms with Crippen LogP contribution >= 0.6 is 11.6 Å². The number of anilines is 4. The number of hydrazine groups is 2. The molecular formula is C29H26ClF2N9. The number of halogens is 3. The molecule has 12 heteroatoms. The molecule has 0 amide bonds. The van der Waals surface area contributed by atoms with Gasteiger partial charge in [-0.3, -0.25) is 9.99 Å². The first-order valence-electron chi connectivity index (χ1n) is 13.1. The lowest BCUT2D eigenvalue weighted by Crippen LogP contribution is -2.41. The maximum absolute atomic E-state index is 13.9. The number of nitrogens with one attached hydrogen (secondary N) is 5. The van der Waals surface area contributed by atoms with E-state index < -0.39 is 11.8 Å². The van der Waals surface area contributed by atoms with Gasteiger partial charge in [-0.2, -0.15) is 9.65 Å². The molecule has 1 atom stereocenters. The second-order valence-corrected chi connectivity index (χ2v) is 10.5. The summed E-state index contributed by atoms with van der Waals surface area (Å²) < 4.78 is 27.4. The van der Waals surface area contributed by atoms with Crippen LogP contribution in [0.5, 0.6) is 0 Å². The Labute approximate surface area is 240 Å². The number of aromatic nitrogens is 2. The van der Waals surface area contributed by atoms with Crippen LogP contribution < -0.4 is 26.9 Å². The van der Waals surface area contributed by atoms with E-state index in [0.29, 0.717) is 27.3 Å². The van der Waals surface area contributed by atoms with E-state index >= 15 is 0 Å². The maximum atomic E-state index is 13.9. The van der Waals surface area contributed by atoms with Crippen LogP contribution in [-0.2, 0) is 6.42 Å². The van der Waals surface area contributed by atoms with Crippen molar-refractivity contribution in [1.29, 1.82) is 5.26 Å². The molecule has 0 aliphatic carbocycles. The molecule has 5 N–H and O–H groups in total. The van der Waals surface area contributed by atoms with Gasteiger partial charge in [-0.15, -0.1) is 5.53 Å². The molecule has 2 aromatic carbocycles. The van der Waals surface area contributed by atoms with Gasteiger partial charge in [0.15, 0.2) is 5.82 Å². The second kappa shape index (κ2) is 10.7. The zero-order valence-electron chi connectivity index (χ0n) is 22.2. The van der Waals surface area contributed by atoms with Gasteiger partial charge in [-0.1, -0.05) is 23.7 Å². The number of nitrogens with zero attached hydrogens (tertiary/aromatic N) is 4. The number of hydrogen-bond acceptors (Lipinski definition) is 9. The lowest BCUT2D eigenvalue weighted by Gasteiger charge is -2.24. The first-order valence-corrected chi connectivity index (χ1v) is 13.4. The molecule has 0 fully saturated rings. The predicted molar refractivity (Wildman–Crippen MR) is 155 cm³/mol. The fraction of sp³-hybridized carbons (Fsp3) is 0.207. The average Bonchev–Trinajstić information content (AvgIpc) is 3.64. The van der Waals surface area contributed by atoms with Crippen molar-refractivity contribution >= 4 is 45.3 Å². The van der Waals surface area contributed by atoms with Gasteiger partial charge in [0.2, 0.25) is 5.95 Å². The van der Waals surface area contributed by atoms with E-state index in [-0.39, 0.29) is 23.3 Å². The summed E-state index contributed by atoms with van der Waals surface area (Å²) in [6, 6.07) is 12.8. The molecule has 9 nitrogen and oxygen atoms in total. The number of fused-ring (bicyclic) bond motifs is 2. The Balaban J connectivity index is 1.46. The summed E-state index contributed by atoms with van der Waals surface area (Å²) in [5, 5.41) is 22.8. The van der Waals surface area contributed by atoms with Crippen LogP contribution in [0, 0.1) is 23.1 Å². The number of rotatable bonds is 7. The standard InChI is InChI=1S/C29H26ClF2N9/c1-15(2)41-14-25(39-40-41)28(20-4-3-5-24-19(20)6-7-34-24)37-17-8-21-26(38-18-10-23(31)29(32)36-13-18)16(11-33)12-35-27(21)22(30)9-17/h3-5,8-10,12-15,28,34,37,39-40H,6-7H2,1-2H3,(H,35,38)/t28-/m0/s1. The van der Waals surface area contributed by atoms with Crippen molar-refractivity contribution in [3.63, 3.8) is 0 Å². The average molecular weight is 574 g/mol. The summed E-state index contributed by atoms with van der Waals surface area (Å²) in [4.78, 5) is 7.84. The Hall–Kier alpha value is -4.66. The molecule has 2 aromatic heterocycles. The van der Waals surface area contributed by atoms with Crippen molar-refractivity contribution in [3.8, 4) is 6.07 Å². The van der Waals surface area contributed by atoms with Crippen molar-refractivity contribution in [2.45, 2.75) is 32.4 Å². The van der Waals surface area contributed by atoms with Crippen LogP contribution in [0.1, 0.15) is 36.6 Å². The highest BCUT2D eigenvalue weighted by molar-refractivity contribution is 6.36. The van der Waals surface area contributed by atoms with Crippen LogP contribution in [-0.4, -0.2) is 27.6 Å². The number of benzene rings is 2. The quantitative estimate of drug-likeness (QED) is 0.173. The number of nitriles is 1. The second-order valence-electron chi connectivity index (χ2n) is 10.1. The van der Waals surface area contributed by atoms with Gasteiger partial charge < -0.3 is 21.4 Å². The monoisotopic (exact) mass is 573 g/mol. The Kier molecular flexibility index (Phi) is 6.95. The smallest absolute Gasteiger partial charge is 0.249 e. The molecule has 0 bridgehead atoms. The van der Waals surface area contributed by atoms with Crippen LogP contribution in [0.3, 0.4) is 0 Å². The van der Waals surface area contributed by atoms with E-state index in [2.05, 4.69) is 68.9 Å². The van der Waals surface area contributed by atoms with Gasteiger partial charge in [-0.05, 0) is 49.6 Å². The molecular weight excluding hydrogens is 548 g/mol. The predicted octanol–water partition coefficient (Wildman–Crippen LogP) is 5.87. The van der Waals surface area contributed by atoms with Crippen LogP contribution in [0.25, 0.3) is 10.9 Å². The molecule has 0 unspecified atom stereocenters. The third-order valence-corrected chi connectivity index (χ3v) is 7.40. The number of hydrogen-bond donors (Lipinski definition) is 5. The van der Waals surface area contributed by atoms with E-state index in [1.807, 2.05) is 23.3 Å². The molecule has 0 saturated heterocycles. The fourth-order valence-corrected chi connectivity index (χ4v) is 5.36. The molecule has 6 rings (SSSR count). The van der Waals surface area contributed by atoms with Crippen molar-refractivity contribution in [3.05, 3.63) is 94.2 Å². The zero-order valence-corrected chi connectivity index (χ0v) is 22.9. The van der Waals surface area contributed by atoms with Gasteiger partial charge in [-0.25, -0.2) is 9.37 Å². The minimum atomic E-state index is -1.21. The molecule has 0 spiro atoms. The zero-order chi connectivity index (χ0) is 28.7. The molecule has 0 saturated carbocycles. The number of pyridine rings is 2. The van der Waals surface area contributed by atoms with Gasteiger partial charge in [0.05, 0.1) is 45.4 Å². The highest BCUT2D eigenvalue weighted by Gasteiger charge is 2.28. The molecule has 208 valence electrons. The molecule has 0 radical (unpaired) electrons. The van der Waals surface area contributed by atoms with E-state index in [1.165, 1.54) is 11.8 Å². The third kappa shape index (κ3) is 5.03. The highest BCUT2D eigenvalue weighted by Crippen LogP contribution is 2.39. The lowest BCUT2D eigenvalue weighted by molar-refractivity contribution is 0.221. The van der Waals surface area contributed by atoms with E-state index in [9.17, 15) is 14.0 Å². The summed E-state index contributed by atoms with van der Waals surface area (Å²) in [6.45, 7) is 5.03. The minimum Gasteiger partial charge on any atom is -0.384 e. The fourth-order valence-electron chi connectivity index (χ4n) is 5.10. The molecule has 41 heavy (non-hydrogen) atoms. The molecule has 2 aliphatic heterocycles. The summed E-state index contributed by atoms with van der Waals surface area (Å²) in [6.07, 6.45) is 5.47. The van der Waals surface area contributed by atoms with Crippen molar-refractivity contribution in [2.75, 3.05) is 22.5 Å². The lowest BCUT2D eigenvalue weighted by atomic mass is 9.96. The first-order chi connectivity index (χ1) is 19.8. The van der Waals surface area contributed by atoms with Crippen molar-refractivity contribution in [1.82, 2.24) is 25.9 Å². The van der Waals surface area contributed by atoms with Crippen LogP contribution in [0.4, 0.5) is 31.5 Å². The molecule has 2 aliphatic rings. The summed E-state index contributed by atoms with van der Waals surface area (Å²) >= 11 is 6.73. The normalized spacial score (nSPS) is 14.8. The largest absolute Gasteiger partial charge is 0.384 e. The SMILES string of the molecule is CC(C)N1C=C([C@@H](Nc2cc(Cl)c3ncc(C#N)c(Nc4cnc(F)c(F)c4)c3c2)c2cccc3c2CCN3)NN1. The van der Waals surface area contributed by atoms with Crippen molar-refractivity contribution < 1.29 is 8.78 Å². The maximum Gasteiger partial charge on any atom is 0.249 e. The Bertz CT molecular complexity index is 1730. The Morgan fingerprint density at radius 3 is 2.73 bits per heavy atom. The Morgan fingerprint density at radius 1 is 1.12 bits per heavy atom. The molecule has 4 aromatic rings. The van der Waals surface area contributed by atoms with Gasteiger partial charge in [0.25, 0.3) is 0 Å². The minimum absolute atomic E-state index is 0.174. The molecule has 4 heterocycles. The van der Waals surface area contributed by atoms with Crippen LogP contribution in [0.15, 0.2) is 60.7 Å². The highest BCUT2D eigenvalue weighted by atomic mass is 35.5. The van der Waals surface area contributed by atoms with Gasteiger partial charge >= 0.3 is 0 Å². The van der Waals surface area contributed by atoms with Gasteiger partial charge in [0, 0.05) is 47.8 Å². The topological polar surface area (TPSA) is 113 Å². The first kappa shape index (κ1) is 26.6. The summed E-state index contributed by atoms with van der Waals surface area (Å²) in [5.41, 5.74) is 12.7. The van der Waals surface area contributed by atoms with E-state index in [4.69, 9.17) is 11.6 Å².